The van der Waals surface area contributed by atoms with Crippen LogP contribution in [0.3, 0.4) is 0 Å². The summed E-state index contributed by atoms with van der Waals surface area (Å²) in [6, 6.07) is 12.9. The first kappa shape index (κ1) is 29.5. The Hall–Kier alpha value is -3.48. The van der Waals surface area contributed by atoms with Gasteiger partial charge in [0.25, 0.3) is 11.8 Å². The van der Waals surface area contributed by atoms with Gasteiger partial charge in [-0.05, 0) is 69.0 Å². The Labute approximate surface area is 233 Å². The van der Waals surface area contributed by atoms with Crippen molar-refractivity contribution in [2.24, 2.45) is 0 Å². The fourth-order valence-electron chi connectivity index (χ4n) is 5.41. The number of piperazine rings is 1. The highest BCUT2D eigenvalue weighted by atomic mass is 19.4. The largest absolute Gasteiger partial charge is 0.417 e. The zero-order valence-corrected chi connectivity index (χ0v) is 23.1. The standard InChI is InChI=1S/C31H35F3N4O2/c1-22-9-6-7-10-25(22)21-37-17-15-36(16-18-37)14-8-4-3-5-11-27-23(2)29(39)38(30(27)40)26-13-12-24(20-35)28(19-26)31(32,33)34/h6-7,9-10,12-13,19H,3-5,8,11,14-18,21H2,1-2H3. The van der Waals surface area contributed by atoms with E-state index >= 15 is 0 Å². The van der Waals surface area contributed by atoms with Crippen molar-refractivity contribution in [3.8, 4) is 6.07 Å². The predicted octanol–water partition coefficient (Wildman–Crippen LogP) is 5.84. The maximum atomic E-state index is 13.4. The Morgan fingerprint density at radius 2 is 1.55 bits per heavy atom. The molecule has 9 heteroatoms. The summed E-state index contributed by atoms with van der Waals surface area (Å²) in [5.41, 5.74) is 1.46. The third-order valence-corrected chi connectivity index (χ3v) is 7.90. The Morgan fingerprint density at radius 1 is 0.875 bits per heavy atom. The molecule has 2 amide bonds. The molecule has 0 aliphatic carbocycles. The molecule has 0 unspecified atom stereocenters. The summed E-state index contributed by atoms with van der Waals surface area (Å²) in [5.74, 6) is -1.19. The molecule has 4 rings (SSSR count). The van der Waals surface area contributed by atoms with Gasteiger partial charge in [-0.25, -0.2) is 4.90 Å². The van der Waals surface area contributed by atoms with Gasteiger partial charge in [0.05, 0.1) is 22.9 Å². The number of nitriles is 1. The predicted molar refractivity (Wildman–Crippen MR) is 147 cm³/mol. The van der Waals surface area contributed by atoms with Crippen molar-refractivity contribution in [1.29, 1.82) is 5.26 Å². The molecular weight excluding hydrogens is 517 g/mol. The van der Waals surface area contributed by atoms with E-state index in [0.717, 1.165) is 75.9 Å². The summed E-state index contributed by atoms with van der Waals surface area (Å²) in [5, 5.41) is 9.02. The second-order valence-corrected chi connectivity index (χ2v) is 10.6. The molecule has 2 aliphatic heterocycles. The number of halogens is 3. The highest BCUT2D eigenvalue weighted by Gasteiger charge is 2.39. The van der Waals surface area contributed by atoms with E-state index in [1.165, 1.54) is 23.3 Å². The van der Waals surface area contributed by atoms with Crippen LogP contribution in [0, 0.1) is 18.3 Å². The third kappa shape index (κ3) is 6.80. The number of nitrogens with zero attached hydrogens (tertiary/aromatic N) is 4. The maximum absolute atomic E-state index is 13.4. The highest BCUT2D eigenvalue weighted by Crippen LogP contribution is 2.37. The fourth-order valence-corrected chi connectivity index (χ4v) is 5.41. The zero-order valence-electron chi connectivity index (χ0n) is 23.1. The molecule has 6 nitrogen and oxygen atoms in total. The number of aryl methyl sites for hydroxylation is 1. The first-order valence-corrected chi connectivity index (χ1v) is 13.8. The van der Waals surface area contributed by atoms with Crippen LogP contribution >= 0.6 is 0 Å². The molecule has 40 heavy (non-hydrogen) atoms. The third-order valence-electron chi connectivity index (χ3n) is 7.90. The SMILES string of the molecule is CC1=C(CCCCCCN2CCN(Cc3ccccc3C)CC2)C(=O)N(c2ccc(C#N)c(C(F)(F)F)c2)C1=O. The summed E-state index contributed by atoms with van der Waals surface area (Å²) in [4.78, 5) is 31.6. The van der Waals surface area contributed by atoms with Crippen molar-refractivity contribution in [3.63, 3.8) is 0 Å². The van der Waals surface area contributed by atoms with Crippen molar-refractivity contribution >= 4 is 17.5 Å². The van der Waals surface area contributed by atoms with E-state index in [-0.39, 0.29) is 11.3 Å². The number of benzene rings is 2. The van der Waals surface area contributed by atoms with Crippen molar-refractivity contribution in [2.45, 2.75) is 58.7 Å². The number of rotatable bonds is 10. The van der Waals surface area contributed by atoms with Crippen LogP contribution in [0.4, 0.5) is 18.9 Å². The Bertz CT molecular complexity index is 1320. The minimum Gasteiger partial charge on any atom is -0.301 e. The minimum absolute atomic E-state index is 0.172. The quantitative estimate of drug-likeness (QED) is 0.274. The second-order valence-electron chi connectivity index (χ2n) is 10.6. The van der Waals surface area contributed by atoms with E-state index in [4.69, 9.17) is 5.26 Å². The molecule has 2 aromatic carbocycles. The van der Waals surface area contributed by atoms with Crippen molar-refractivity contribution in [2.75, 3.05) is 37.6 Å². The summed E-state index contributed by atoms with van der Waals surface area (Å²) < 4.78 is 40.2. The number of carbonyl (C=O) groups is 2. The lowest BCUT2D eigenvalue weighted by Crippen LogP contribution is -2.46. The number of hydrogen-bond donors (Lipinski definition) is 0. The molecule has 0 bridgehead atoms. The van der Waals surface area contributed by atoms with Gasteiger partial charge in [-0.15, -0.1) is 0 Å². The molecule has 2 heterocycles. The number of anilines is 1. The highest BCUT2D eigenvalue weighted by molar-refractivity contribution is 6.32. The average Bonchev–Trinajstić information content (AvgIpc) is 3.14. The average molecular weight is 553 g/mol. The topological polar surface area (TPSA) is 67.7 Å². The lowest BCUT2D eigenvalue weighted by Gasteiger charge is -2.35. The molecule has 2 aromatic rings. The van der Waals surface area contributed by atoms with Gasteiger partial charge >= 0.3 is 6.18 Å². The van der Waals surface area contributed by atoms with Gasteiger partial charge in [-0.2, -0.15) is 18.4 Å². The molecular formula is C31H35F3N4O2. The van der Waals surface area contributed by atoms with E-state index in [2.05, 4.69) is 41.0 Å². The fraction of sp³-hybridized carbons (Fsp3) is 0.452. The molecule has 0 radical (unpaired) electrons. The number of amides is 2. The van der Waals surface area contributed by atoms with Crippen LogP contribution in [0.1, 0.15) is 61.3 Å². The molecule has 1 saturated heterocycles. The van der Waals surface area contributed by atoms with Crippen LogP contribution in [0.15, 0.2) is 53.6 Å². The first-order chi connectivity index (χ1) is 19.1. The van der Waals surface area contributed by atoms with Crippen LogP contribution in [0.2, 0.25) is 0 Å². The van der Waals surface area contributed by atoms with Crippen molar-refractivity contribution in [1.82, 2.24) is 9.80 Å². The van der Waals surface area contributed by atoms with Crippen LogP contribution in [0.25, 0.3) is 0 Å². The smallest absolute Gasteiger partial charge is 0.301 e. The Kier molecular flexibility index (Phi) is 9.44. The number of unbranched alkanes of at least 4 members (excludes halogenated alkanes) is 3. The van der Waals surface area contributed by atoms with E-state index in [1.54, 1.807) is 6.92 Å². The van der Waals surface area contributed by atoms with Crippen LogP contribution in [0.5, 0.6) is 0 Å². The minimum atomic E-state index is -4.77. The first-order valence-electron chi connectivity index (χ1n) is 13.8. The van der Waals surface area contributed by atoms with E-state index in [9.17, 15) is 22.8 Å². The number of carbonyl (C=O) groups excluding carboxylic acids is 2. The molecule has 212 valence electrons. The summed E-state index contributed by atoms with van der Waals surface area (Å²) in [6.45, 7) is 9.93. The molecule has 0 aromatic heterocycles. The van der Waals surface area contributed by atoms with Crippen molar-refractivity contribution < 1.29 is 22.8 Å². The number of alkyl halides is 3. The molecule has 0 spiro atoms. The van der Waals surface area contributed by atoms with E-state index in [1.807, 2.05) is 0 Å². The van der Waals surface area contributed by atoms with E-state index in [0.29, 0.717) is 18.1 Å². The van der Waals surface area contributed by atoms with Crippen LogP contribution < -0.4 is 4.90 Å². The molecule has 0 saturated carbocycles. The summed E-state index contributed by atoms with van der Waals surface area (Å²) >= 11 is 0. The maximum Gasteiger partial charge on any atom is 0.417 e. The number of hydrogen-bond acceptors (Lipinski definition) is 5. The van der Waals surface area contributed by atoms with Gasteiger partial charge in [0, 0.05) is 43.9 Å². The molecule has 0 atom stereocenters. The Morgan fingerprint density at radius 3 is 2.23 bits per heavy atom. The van der Waals surface area contributed by atoms with Gasteiger partial charge in [-0.3, -0.25) is 14.5 Å². The molecule has 0 N–H and O–H groups in total. The lowest BCUT2D eigenvalue weighted by molar-refractivity contribution is -0.138. The van der Waals surface area contributed by atoms with Gasteiger partial charge in [-0.1, -0.05) is 37.1 Å². The van der Waals surface area contributed by atoms with Gasteiger partial charge in [0.2, 0.25) is 0 Å². The van der Waals surface area contributed by atoms with Crippen LogP contribution in [-0.2, 0) is 22.3 Å². The molecule has 2 aliphatic rings. The van der Waals surface area contributed by atoms with Crippen molar-refractivity contribution in [3.05, 3.63) is 75.9 Å². The zero-order chi connectivity index (χ0) is 28.9. The number of imide groups is 1. The van der Waals surface area contributed by atoms with Gasteiger partial charge in [0.1, 0.15) is 0 Å². The van der Waals surface area contributed by atoms with Gasteiger partial charge < -0.3 is 4.90 Å². The lowest BCUT2D eigenvalue weighted by atomic mass is 10.0. The van der Waals surface area contributed by atoms with Gasteiger partial charge in [0.15, 0.2) is 0 Å². The molecule has 1 fully saturated rings. The van der Waals surface area contributed by atoms with Crippen LogP contribution in [-0.4, -0.2) is 54.3 Å². The monoisotopic (exact) mass is 552 g/mol. The summed E-state index contributed by atoms with van der Waals surface area (Å²) in [7, 11) is 0. The second kappa shape index (κ2) is 12.8. The summed E-state index contributed by atoms with van der Waals surface area (Å²) in [6.07, 6.45) is -0.669. The Balaban J connectivity index is 1.20. The normalized spacial score (nSPS) is 17.1. The van der Waals surface area contributed by atoms with E-state index < -0.39 is 29.1 Å².